The lowest BCUT2D eigenvalue weighted by molar-refractivity contribution is 0.0445. The molecule has 0 saturated carbocycles. The molecule has 2 heterocycles. The summed E-state index contributed by atoms with van der Waals surface area (Å²) < 4.78 is 38.3. The van der Waals surface area contributed by atoms with Gasteiger partial charge in [-0.2, -0.15) is 5.10 Å². The van der Waals surface area contributed by atoms with Gasteiger partial charge in [-0.15, -0.1) is 0 Å². The molecule has 0 spiro atoms. The number of furan rings is 1. The monoisotopic (exact) mass is 341 g/mol. The molecule has 2 rings (SSSR count). The van der Waals surface area contributed by atoms with Crippen molar-refractivity contribution in [3.05, 3.63) is 36.4 Å². The maximum atomic E-state index is 12.1. The molecule has 0 unspecified atom stereocenters. The van der Waals surface area contributed by atoms with Crippen molar-refractivity contribution >= 4 is 16.0 Å². The summed E-state index contributed by atoms with van der Waals surface area (Å²) in [5, 5.41) is 3.64. The number of esters is 1. The Morgan fingerprint density at radius 1 is 1.39 bits per heavy atom. The zero-order chi connectivity index (χ0) is 17.1. The molecule has 0 aromatic carbocycles. The van der Waals surface area contributed by atoms with E-state index in [1.807, 2.05) is 0 Å². The Bertz CT molecular complexity index is 757. The van der Waals surface area contributed by atoms with Gasteiger partial charge < -0.3 is 9.15 Å². The van der Waals surface area contributed by atoms with Gasteiger partial charge in [0.05, 0.1) is 6.54 Å². The maximum Gasteiger partial charge on any atom is 0.374 e. The minimum absolute atomic E-state index is 0.101. The van der Waals surface area contributed by atoms with E-state index in [1.54, 1.807) is 43.9 Å². The highest BCUT2D eigenvalue weighted by Crippen LogP contribution is 2.17. The third-order valence-corrected chi connectivity index (χ3v) is 4.23. The van der Waals surface area contributed by atoms with Crippen LogP contribution in [0.15, 0.2) is 40.1 Å². The van der Waals surface area contributed by atoms with Crippen LogP contribution in [0, 0.1) is 0 Å². The molecular formula is C14H19N3O5S. The second kappa shape index (κ2) is 6.55. The molecule has 2 aromatic heterocycles. The highest BCUT2D eigenvalue weighted by atomic mass is 32.2. The first-order valence-electron chi connectivity index (χ1n) is 6.96. The third kappa shape index (κ3) is 4.93. The Morgan fingerprint density at radius 2 is 2.13 bits per heavy atom. The highest BCUT2D eigenvalue weighted by molar-refractivity contribution is 7.89. The van der Waals surface area contributed by atoms with Crippen molar-refractivity contribution in [2.75, 3.05) is 6.61 Å². The molecule has 126 valence electrons. The van der Waals surface area contributed by atoms with E-state index in [0.717, 1.165) is 0 Å². The molecule has 0 saturated heterocycles. The summed E-state index contributed by atoms with van der Waals surface area (Å²) in [7, 11) is -3.83. The first-order chi connectivity index (χ1) is 10.7. The first kappa shape index (κ1) is 17.2. The van der Waals surface area contributed by atoms with Crippen molar-refractivity contribution in [1.29, 1.82) is 0 Å². The van der Waals surface area contributed by atoms with E-state index in [0.29, 0.717) is 6.54 Å². The molecule has 0 atom stereocenters. The minimum atomic E-state index is -3.83. The van der Waals surface area contributed by atoms with Gasteiger partial charge in [0.2, 0.25) is 10.9 Å². The number of nitrogens with zero attached hydrogens (tertiary/aromatic N) is 2. The van der Waals surface area contributed by atoms with Crippen LogP contribution < -0.4 is 4.72 Å². The van der Waals surface area contributed by atoms with Gasteiger partial charge in [-0.3, -0.25) is 4.68 Å². The Labute approximate surface area is 134 Å². The lowest BCUT2D eigenvalue weighted by Gasteiger charge is -2.18. The van der Waals surface area contributed by atoms with E-state index in [1.165, 1.54) is 12.1 Å². The van der Waals surface area contributed by atoms with Gasteiger partial charge in [0.15, 0.2) is 0 Å². The molecule has 0 aliphatic rings. The van der Waals surface area contributed by atoms with Crippen LogP contribution in [-0.2, 0) is 21.3 Å². The standard InChI is InChI=1S/C14H19N3O5S/c1-14(2,3)16-23(19,20)12-6-5-11(22-12)13(18)21-10-9-17-8-4-7-15-17/h4-8,16H,9-10H2,1-3H3. The van der Waals surface area contributed by atoms with E-state index >= 15 is 0 Å². The predicted molar refractivity (Wildman–Crippen MR) is 81.3 cm³/mol. The molecule has 0 aliphatic carbocycles. The van der Waals surface area contributed by atoms with Gasteiger partial charge in [-0.1, -0.05) is 0 Å². The predicted octanol–water partition coefficient (Wildman–Crippen LogP) is 1.41. The summed E-state index contributed by atoms with van der Waals surface area (Å²) >= 11 is 0. The number of nitrogens with one attached hydrogen (secondary N) is 1. The van der Waals surface area contributed by atoms with Gasteiger partial charge in [0.1, 0.15) is 6.61 Å². The van der Waals surface area contributed by atoms with Crippen LogP contribution in [0.3, 0.4) is 0 Å². The molecule has 0 bridgehead atoms. The van der Waals surface area contributed by atoms with Crippen LogP contribution >= 0.6 is 0 Å². The summed E-state index contributed by atoms with van der Waals surface area (Å²) in [6.45, 7) is 5.62. The molecule has 2 aromatic rings. The highest BCUT2D eigenvalue weighted by Gasteiger charge is 2.26. The Morgan fingerprint density at radius 3 is 2.74 bits per heavy atom. The van der Waals surface area contributed by atoms with Crippen LogP contribution in [0.5, 0.6) is 0 Å². The van der Waals surface area contributed by atoms with Crippen molar-refractivity contribution in [2.45, 2.75) is 37.9 Å². The number of hydrogen-bond donors (Lipinski definition) is 1. The van der Waals surface area contributed by atoms with Crippen LogP contribution in [0.4, 0.5) is 0 Å². The number of carbonyl (C=O) groups is 1. The van der Waals surface area contributed by atoms with E-state index < -0.39 is 21.5 Å². The zero-order valence-corrected chi connectivity index (χ0v) is 14.0. The van der Waals surface area contributed by atoms with Crippen LogP contribution in [0.25, 0.3) is 0 Å². The van der Waals surface area contributed by atoms with E-state index in [2.05, 4.69) is 9.82 Å². The number of aromatic nitrogens is 2. The third-order valence-electron chi connectivity index (χ3n) is 2.60. The lowest BCUT2D eigenvalue weighted by Crippen LogP contribution is -2.40. The summed E-state index contributed by atoms with van der Waals surface area (Å²) in [5.74, 6) is -0.894. The fraction of sp³-hybridized carbons (Fsp3) is 0.429. The molecule has 1 N–H and O–H groups in total. The molecule has 0 fully saturated rings. The van der Waals surface area contributed by atoms with Crippen LogP contribution in [0.1, 0.15) is 31.3 Å². The Kier molecular flexibility index (Phi) is 4.90. The summed E-state index contributed by atoms with van der Waals surface area (Å²) in [4.78, 5) is 11.8. The smallest absolute Gasteiger partial charge is 0.374 e. The number of rotatable bonds is 6. The lowest BCUT2D eigenvalue weighted by atomic mass is 10.1. The fourth-order valence-electron chi connectivity index (χ4n) is 1.76. The Hall–Kier alpha value is -2.13. The summed E-state index contributed by atoms with van der Waals surface area (Å²) in [6.07, 6.45) is 3.36. The van der Waals surface area contributed by atoms with Crippen LogP contribution in [-0.4, -0.2) is 36.3 Å². The average molecular weight is 341 g/mol. The van der Waals surface area contributed by atoms with Crippen molar-refractivity contribution in [3.63, 3.8) is 0 Å². The van der Waals surface area contributed by atoms with Crippen molar-refractivity contribution < 1.29 is 22.4 Å². The Balaban J connectivity index is 1.96. The van der Waals surface area contributed by atoms with Gasteiger partial charge in [-0.25, -0.2) is 17.9 Å². The fourth-order valence-corrected chi connectivity index (χ4v) is 3.12. The minimum Gasteiger partial charge on any atom is -0.458 e. The first-order valence-corrected chi connectivity index (χ1v) is 8.44. The topological polar surface area (TPSA) is 103 Å². The molecule has 0 aliphatic heterocycles. The van der Waals surface area contributed by atoms with Gasteiger partial charge in [0, 0.05) is 17.9 Å². The van der Waals surface area contributed by atoms with Crippen molar-refractivity contribution in [1.82, 2.24) is 14.5 Å². The summed E-state index contributed by atoms with van der Waals surface area (Å²) in [5.41, 5.74) is -0.657. The van der Waals surface area contributed by atoms with E-state index in [9.17, 15) is 13.2 Å². The number of carbonyl (C=O) groups excluding carboxylic acids is 1. The van der Waals surface area contributed by atoms with E-state index in [4.69, 9.17) is 9.15 Å². The van der Waals surface area contributed by atoms with E-state index in [-0.39, 0.29) is 17.5 Å². The quantitative estimate of drug-likeness (QED) is 0.797. The SMILES string of the molecule is CC(C)(C)NS(=O)(=O)c1ccc(C(=O)OCCn2cccn2)o1. The molecule has 9 heteroatoms. The summed E-state index contributed by atoms with van der Waals surface area (Å²) in [6, 6.07) is 4.25. The van der Waals surface area contributed by atoms with Crippen LogP contribution in [0.2, 0.25) is 0 Å². The van der Waals surface area contributed by atoms with Gasteiger partial charge >= 0.3 is 5.97 Å². The molecule has 8 nitrogen and oxygen atoms in total. The molecule has 0 amide bonds. The average Bonchev–Trinajstić information content (AvgIpc) is 3.07. The number of sulfonamides is 1. The largest absolute Gasteiger partial charge is 0.458 e. The molecular weight excluding hydrogens is 322 g/mol. The number of ether oxygens (including phenoxy) is 1. The van der Waals surface area contributed by atoms with Crippen molar-refractivity contribution in [2.24, 2.45) is 0 Å². The zero-order valence-electron chi connectivity index (χ0n) is 13.1. The number of hydrogen-bond acceptors (Lipinski definition) is 6. The van der Waals surface area contributed by atoms with Crippen molar-refractivity contribution in [3.8, 4) is 0 Å². The molecule has 23 heavy (non-hydrogen) atoms. The van der Waals surface area contributed by atoms with Gasteiger partial charge in [0.25, 0.3) is 10.0 Å². The van der Waals surface area contributed by atoms with Gasteiger partial charge in [-0.05, 0) is 39.0 Å². The second-order valence-corrected chi connectivity index (χ2v) is 7.49. The second-order valence-electron chi connectivity index (χ2n) is 5.88. The molecule has 0 radical (unpaired) electrons. The maximum absolute atomic E-state index is 12.1. The normalized spacial score (nSPS) is 12.3.